The van der Waals surface area contributed by atoms with E-state index in [1.165, 1.54) is 19.2 Å². The molecule has 6 heteroatoms. The fraction of sp³-hybridized carbons (Fsp3) is 0.143. The van der Waals surface area contributed by atoms with Crippen molar-refractivity contribution in [2.24, 2.45) is 5.84 Å². The quantitative estimate of drug-likeness (QED) is 0.645. The number of hydrogen-bond donors (Lipinski definition) is 2. The van der Waals surface area contributed by atoms with Crippen molar-refractivity contribution in [2.75, 3.05) is 7.11 Å². The minimum absolute atomic E-state index is 0.357. The van der Waals surface area contributed by atoms with Gasteiger partial charge >= 0.3 is 0 Å². The van der Waals surface area contributed by atoms with Crippen molar-refractivity contribution in [1.29, 1.82) is 0 Å². The maximum absolute atomic E-state index is 13.5. The van der Waals surface area contributed by atoms with E-state index in [4.69, 9.17) is 22.2 Å². The highest BCUT2D eigenvalue weighted by Crippen LogP contribution is 2.33. The standard InChI is InChI=1S/C14H13BrClFN2O/c1-20-13-5-3-9(17)7-10(13)14(19-18)8-2-4-11(15)12(16)6-8/h2-7,14,19H,18H2,1H3. The average molecular weight is 360 g/mol. The van der Waals surface area contributed by atoms with Crippen LogP contribution in [0.4, 0.5) is 4.39 Å². The summed E-state index contributed by atoms with van der Waals surface area (Å²) < 4.78 is 19.5. The van der Waals surface area contributed by atoms with E-state index in [2.05, 4.69) is 21.4 Å². The van der Waals surface area contributed by atoms with E-state index in [1.54, 1.807) is 12.1 Å². The zero-order valence-electron chi connectivity index (χ0n) is 10.7. The second kappa shape index (κ2) is 6.54. The summed E-state index contributed by atoms with van der Waals surface area (Å²) in [5.41, 5.74) is 4.08. The third-order valence-electron chi connectivity index (χ3n) is 2.95. The third kappa shape index (κ3) is 3.12. The molecule has 1 atom stereocenters. The Morgan fingerprint density at radius 3 is 2.65 bits per heavy atom. The van der Waals surface area contributed by atoms with Crippen molar-refractivity contribution >= 4 is 27.5 Å². The molecule has 0 spiro atoms. The molecule has 20 heavy (non-hydrogen) atoms. The lowest BCUT2D eigenvalue weighted by molar-refractivity contribution is 0.402. The van der Waals surface area contributed by atoms with Crippen LogP contribution >= 0.6 is 27.5 Å². The van der Waals surface area contributed by atoms with Gasteiger partial charge in [-0.05, 0) is 51.8 Å². The van der Waals surface area contributed by atoms with E-state index in [9.17, 15) is 4.39 Å². The molecule has 0 amide bonds. The van der Waals surface area contributed by atoms with Gasteiger partial charge < -0.3 is 4.74 Å². The predicted octanol–water partition coefficient (Wildman–Crippen LogP) is 3.80. The van der Waals surface area contributed by atoms with Crippen LogP contribution < -0.4 is 16.0 Å². The van der Waals surface area contributed by atoms with Crippen molar-refractivity contribution in [3.8, 4) is 5.75 Å². The fourth-order valence-electron chi connectivity index (χ4n) is 1.99. The zero-order chi connectivity index (χ0) is 14.7. The van der Waals surface area contributed by atoms with E-state index in [1.807, 2.05) is 12.1 Å². The van der Waals surface area contributed by atoms with E-state index in [0.717, 1.165) is 10.0 Å². The van der Waals surface area contributed by atoms with Gasteiger partial charge in [-0.1, -0.05) is 17.7 Å². The van der Waals surface area contributed by atoms with Gasteiger partial charge in [0, 0.05) is 10.0 Å². The lowest BCUT2D eigenvalue weighted by Gasteiger charge is -2.20. The Labute approximate surface area is 130 Å². The second-order valence-electron chi connectivity index (χ2n) is 4.16. The summed E-state index contributed by atoms with van der Waals surface area (Å²) in [6, 6.07) is 9.30. The Morgan fingerprint density at radius 2 is 2.05 bits per heavy atom. The van der Waals surface area contributed by atoms with Gasteiger partial charge in [-0.2, -0.15) is 0 Å². The Balaban J connectivity index is 2.51. The minimum Gasteiger partial charge on any atom is -0.496 e. The summed E-state index contributed by atoms with van der Waals surface area (Å²) in [6.07, 6.45) is 0. The van der Waals surface area contributed by atoms with Gasteiger partial charge in [0.2, 0.25) is 0 Å². The summed E-state index contributed by atoms with van der Waals surface area (Å²) in [4.78, 5) is 0. The molecule has 1 unspecified atom stereocenters. The summed E-state index contributed by atoms with van der Waals surface area (Å²) in [5.74, 6) is 5.81. The van der Waals surface area contributed by atoms with Gasteiger partial charge in [0.15, 0.2) is 0 Å². The van der Waals surface area contributed by atoms with Crippen molar-refractivity contribution in [3.05, 3.63) is 62.8 Å². The van der Waals surface area contributed by atoms with Crippen LogP contribution in [-0.4, -0.2) is 7.11 Å². The number of hydrogen-bond acceptors (Lipinski definition) is 3. The first kappa shape index (κ1) is 15.3. The van der Waals surface area contributed by atoms with Gasteiger partial charge in [0.25, 0.3) is 0 Å². The SMILES string of the molecule is COc1ccc(F)cc1C(NN)c1ccc(Br)c(Cl)c1. The van der Waals surface area contributed by atoms with Gasteiger partial charge in [-0.3, -0.25) is 5.84 Å². The molecule has 2 aromatic carbocycles. The summed E-state index contributed by atoms with van der Waals surface area (Å²) in [7, 11) is 1.53. The molecule has 2 aromatic rings. The molecule has 2 rings (SSSR count). The molecule has 0 radical (unpaired) electrons. The lowest BCUT2D eigenvalue weighted by atomic mass is 9.98. The van der Waals surface area contributed by atoms with E-state index >= 15 is 0 Å². The summed E-state index contributed by atoms with van der Waals surface area (Å²) in [6.45, 7) is 0. The van der Waals surface area contributed by atoms with Crippen LogP contribution in [0.2, 0.25) is 5.02 Å². The molecule has 0 aliphatic heterocycles. The summed E-state index contributed by atoms with van der Waals surface area (Å²) >= 11 is 9.41. The van der Waals surface area contributed by atoms with Crippen molar-refractivity contribution in [2.45, 2.75) is 6.04 Å². The highest BCUT2D eigenvalue weighted by molar-refractivity contribution is 9.10. The highest BCUT2D eigenvalue weighted by Gasteiger charge is 2.18. The molecule has 0 heterocycles. The van der Waals surface area contributed by atoms with Gasteiger partial charge in [0.1, 0.15) is 11.6 Å². The maximum atomic E-state index is 13.5. The number of ether oxygens (including phenoxy) is 1. The van der Waals surface area contributed by atoms with E-state index in [-0.39, 0.29) is 5.82 Å². The van der Waals surface area contributed by atoms with Crippen LogP contribution in [-0.2, 0) is 0 Å². The molecule has 106 valence electrons. The number of halogens is 3. The second-order valence-corrected chi connectivity index (χ2v) is 5.42. The number of nitrogens with one attached hydrogen (secondary N) is 1. The third-order valence-corrected chi connectivity index (χ3v) is 4.18. The number of rotatable bonds is 4. The van der Waals surface area contributed by atoms with Crippen LogP contribution in [0, 0.1) is 5.82 Å². The first-order chi connectivity index (χ1) is 9.56. The fourth-order valence-corrected chi connectivity index (χ4v) is 2.42. The normalized spacial score (nSPS) is 12.2. The Hall–Kier alpha value is -1.14. The number of nitrogens with two attached hydrogens (primary N) is 1. The van der Waals surface area contributed by atoms with Crippen LogP contribution in [0.5, 0.6) is 5.75 Å². The van der Waals surface area contributed by atoms with Crippen LogP contribution in [0.25, 0.3) is 0 Å². The number of hydrazine groups is 1. The maximum Gasteiger partial charge on any atom is 0.124 e. The molecule has 3 N–H and O–H groups in total. The first-order valence-electron chi connectivity index (χ1n) is 5.81. The Morgan fingerprint density at radius 1 is 1.30 bits per heavy atom. The molecule has 0 aliphatic carbocycles. The Kier molecular flexibility index (Phi) is 4.99. The highest BCUT2D eigenvalue weighted by atomic mass is 79.9. The lowest BCUT2D eigenvalue weighted by Crippen LogP contribution is -2.29. The Bertz CT molecular complexity index is 624. The van der Waals surface area contributed by atoms with E-state index in [0.29, 0.717) is 16.3 Å². The number of benzene rings is 2. The molecule has 0 saturated carbocycles. The van der Waals surface area contributed by atoms with Gasteiger partial charge in [0.05, 0.1) is 18.2 Å². The van der Waals surface area contributed by atoms with Crippen molar-refractivity contribution < 1.29 is 9.13 Å². The molecule has 0 aromatic heterocycles. The smallest absolute Gasteiger partial charge is 0.124 e. The monoisotopic (exact) mass is 358 g/mol. The average Bonchev–Trinajstić information content (AvgIpc) is 2.44. The molecule has 3 nitrogen and oxygen atoms in total. The largest absolute Gasteiger partial charge is 0.496 e. The van der Waals surface area contributed by atoms with Crippen molar-refractivity contribution in [1.82, 2.24) is 5.43 Å². The minimum atomic E-state index is -0.425. The molecular weight excluding hydrogens is 347 g/mol. The molecular formula is C14H13BrClFN2O. The van der Waals surface area contributed by atoms with E-state index < -0.39 is 6.04 Å². The number of methoxy groups -OCH3 is 1. The molecule has 0 aliphatic rings. The summed E-state index contributed by atoms with van der Waals surface area (Å²) in [5, 5.41) is 0.554. The van der Waals surface area contributed by atoms with Crippen LogP contribution in [0.15, 0.2) is 40.9 Å². The molecule has 0 saturated heterocycles. The first-order valence-corrected chi connectivity index (χ1v) is 6.98. The topological polar surface area (TPSA) is 47.3 Å². The molecule has 0 bridgehead atoms. The molecule has 0 fully saturated rings. The zero-order valence-corrected chi connectivity index (χ0v) is 13.0. The van der Waals surface area contributed by atoms with Crippen LogP contribution in [0.3, 0.4) is 0 Å². The van der Waals surface area contributed by atoms with Crippen LogP contribution in [0.1, 0.15) is 17.2 Å². The van der Waals surface area contributed by atoms with Gasteiger partial charge in [-0.15, -0.1) is 0 Å². The predicted molar refractivity (Wildman–Crippen MR) is 81.3 cm³/mol. The van der Waals surface area contributed by atoms with Gasteiger partial charge in [-0.25, -0.2) is 9.82 Å². The van der Waals surface area contributed by atoms with Crippen molar-refractivity contribution in [3.63, 3.8) is 0 Å².